The van der Waals surface area contributed by atoms with Crippen molar-refractivity contribution < 1.29 is 0 Å². The first-order valence-electron chi connectivity index (χ1n) is 17.9. The van der Waals surface area contributed by atoms with Crippen LogP contribution in [-0.2, 0) is 0 Å². The van der Waals surface area contributed by atoms with Gasteiger partial charge in [0.15, 0.2) is 0 Å². The maximum atomic E-state index is 2.20. The molecule has 7 rings (SSSR count). The zero-order valence-electron chi connectivity index (χ0n) is 32.0. The van der Waals surface area contributed by atoms with E-state index in [1.807, 2.05) is 73.6 Å². The molecule has 7 aromatic carbocycles. The zero-order chi connectivity index (χ0) is 36.2. The quantitative estimate of drug-likeness (QED) is 0.155. The van der Waals surface area contributed by atoms with E-state index in [9.17, 15) is 0 Å². The molecule has 0 aliphatic carbocycles. The highest BCUT2D eigenvalue weighted by Crippen LogP contribution is 2.17. The Kier molecular flexibility index (Phi) is 24.8. The van der Waals surface area contributed by atoms with Gasteiger partial charge in [0, 0.05) is 0 Å². The summed E-state index contributed by atoms with van der Waals surface area (Å²) in [6, 6.07) is 54.9. The molecule has 0 radical (unpaired) electrons. The van der Waals surface area contributed by atoms with E-state index in [1.165, 1.54) is 54.6 Å². The molecule has 0 nitrogen and oxygen atoms in total. The lowest BCUT2D eigenvalue weighted by Gasteiger charge is -1.98. The highest BCUT2D eigenvalue weighted by atomic mass is 14.0. The Hall–Kier alpha value is -4.68. The molecule has 0 amide bonds. The molecule has 0 aliphatic heterocycles. The van der Waals surface area contributed by atoms with Gasteiger partial charge < -0.3 is 0 Å². The lowest BCUT2D eigenvalue weighted by molar-refractivity contribution is 1.48. The maximum Gasteiger partial charge on any atom is -0.0155 e. The van der Waals surface area contributed by atoms with E-state index < -0.39 is 0 Å². The van der Waals surface area contributed by atoms with E-state index >= 15 is 0 Å². The predicted octanol–water partition coefficient (Wildman–Crippen LogP) is 15.5. The van der Waals surface area contributed by atoms with E-state index in [0.717, 1.165) is 0 Å². The van der Waals surface area contributed by atoms with Gasteiger partial charge in [-0.3, -0.25) is 0 Å². The zero-order valence-corrected chi connectivity index (χ0v) is 32.0. The van der Waals surface area contributed by atoms with Crippen molar-refractivity contribution in [3.8, 4) is 0 Å². The van der Waals surface area contributed by atoms with Crippen molar-refractivity contribution in [2.75, 3.05) is 0 Å². The molecule has 7 aromatic rings. The minimum Gasteiger partial charge on any atom is -0.0683 e. The third-order valence-corrected chi connectivity index (χ3v) is 6.76. The largest absolute Gasteiger partial charge is 0.0683 e. The molecular formula is C48H62. The minimum absolute atomic E-state index is 1.32. The molecule has 0 saturated carbocycles. The molecule has 0 heteroatoms. The third-order valence-electron chi connectivity index (χ3n) is 6.76. The summed E-state index contributed by atoms with van der Waals surface area (Å²) in [6.45, 7) is 24.5. The summed E-state index contributed by atoms with van der Waals surface area (Å²) in [5.74, 6) is 0. The Morgan fingerprint density at radius 3 is 1.00 bits per heavy atom. The van der Waals surface area contributed by atoms with Gasteiger partial charge >= 0.3 is 0 Å². The van der Waals surface area contributed by atoms with Crippen molar-refractivity contribution in [2.24, 2.45) is 0 Å². The normalized spacial score (nSPS) is 8.83. The SMILES string of the molecule is CC.CC.CC.CC.Cc1ccc2ccccc2c1.Cc1ccc2ccccc2c1.Cc1cccc2ccccc12.Cc1ccccc1. The second-order valence-corrected chi connectivity index (χ2v) is 10.2. The molecule has 0 aliphatic rings. The van der Waals surface area contributed by atoms with E-state index in [-0.39, 0.29) is 0 Å². The average molecular weight is 639 g/mol. The summed E-state index contributed by atoms with van der Waals surface area (Å²) in [4.78, 5) is 0. The van der Waals surface area contributed by atoms with Crippen LogP contribution in [0.3, 0.4) is 0 Å². The van der Waals surface area contributed by atoms with Crippen LogP contribution >= 0.6 is 0 Å². The highest BCUT2D eigenvalue weighted by molar-refractivity contribution is 5.85. The summed E-state index contributed by atoms with van der Waals surface area (Å²) in [5, 5.41) is 7.97. The Labute approximate surface area is 294 Å². The molecule has 48 heavy (non-hydrogen) atoms. The molecule has 0 heterocycles. The second-order valence-electron chi connectivity index (χ2n) is 10.2. The lowest BCUT2D eigenvalue weighted by atomic mass is 10.1. The van der Waals surface area contributed by atoms with Crippen LogP contribution in [0.5, 0.6) is 0 Å². The van der Waals surface area contributed by atoms with Gasteiger partial charge in [0.1, 0.15) is 0 Å². The fraction of sp³-hybridized carbons (Fsp3) is 0.250. The molecule has 0 saturated heterocycles. The van der Waals surface area contributed by atoms with Gasteiger partial charge in [-0.15, -0.1) is 0 Å². The maximum absolute atomic E-state index is 2.20. The number of fused-ring (bicyclic) bond motifs is 3. The first-order chi connectivity index (χ1) is 23.5. The van der Waals surface area contributed by atoms with Crippen LogP contribution in [-0.4, -0.2) is 0 Å². The van der Waals surface area contributed by atoms with Crippen molar-refractivity contribution in [3.63, 3.8) is 0 Å². The van der Waals surface area contributed by atoms with Gasteiger partial charge in [-0.25, -0.2) is 0 Å². The summed E-state index contributed by atoms with van der Waals surface area (Å²) < 4.78 is 0. The Balaban J connectivity index is 0.000000578. The van der Waals surface area contributed by atoms with Crippen molar-refractivity contribution in [3.05, 3.63) is 180 Å². The standard InChI is InChI=1S/3C11H10.C7H8.4C2H6/c1-9-5-4-7-10-6-2-3-8-11(9)10;2*1-9-6-7-10-4-2-3-5-11(10)8-9;1-7-5-3-2-4-6-7;4*1-2/h3*2-8H,1H3;2-6H,1H3;4*1-2H3. The number of aryl methyl sites for hydroxylation is 4. The lowest BCUT2D eigenvalue weighted by Crippen LogP contribution is -1.75. The fourth-order valence-electron chi connectivity index (χ4n) is 4.54. The number of hydrogen-bond donors (Lipinski definition) is 0. The monoisotopic (exact) mass is 638 g/mol. The molecule has 0 fully saturated rings. The van der Waals surface area contributed by atoms with Gasteiger partial charge in [0.05, 0.1) is 0 Å². The van der Waals surface area contributed by atoms with Crippen LogP contribution in [0.4, 0.5) is 0 Å². The summed E-state index contributed by atoms with van der Waals surface area (Å²) in [6.07, 6.45) is 0. The molecule has 0 bridgehead atoms. The molecule has 0 unspecified atom stereocenters. The summed E-state index contributed by atoms with van der Waals surface area (Å²) in [7, 11) is 0. The van der Waals surface area contributed by atoms with E-state index in [0.29, 0.717) is 0 Å². The van der Waals surface area contributed by atoms with E-state index in [2.05, 4.69) is 167 Å². The van der Waals surface area contributed by atoms with Crippen molar-refractivity contribution in [1.29, 1.82) is 0 Å². The molecule has 0 spiro atoms. The van der Waals surface area contributed by atoms with Gasteiger partial charge in [0.25, 0.3) is 0 Å². The van der Waals surface area contributed by atoms with Crippen molar-refractivity contribution in [1.82, 2.24) is 0 Å². The smallest absolute Gasteiger partial charge is 0.0155 e. The fourth-order valence-corrected chi connectivity index (χ4v) is 4.54. The van der Waals surface area contributed by atoms with Crippen LogP contribution in [0.1, 0.15) is 77.6 Å². The number of rotatable bonds is 0. The van der Waals surface area contributed by atoms with Crippen molar-refractivity contribution >= 4 is 32.3 Å². The topological polar surface area (TPSA) is 0 Å². The van der Waals surface area contributed by atoms with Gasteiger partial charge in [-0.05, 0) is 65.6 Å². The van der Waals surface area contributed by atoms with Crippen LogP contribution in [0, 0.1) is 27.7 Å². The Bertz CT molecular complexity index is 1690. The Morgan fingerprint density at radius 1 is 0.250 bits per heavy atom. The summed E-state index contributed by atoms with van der Waals surface area (Å²) >= 11 is 0. The highest BCUT2D eigenvalue weighted by Gasteiger charge is 1.92. The molecule has 254 valence electrons. The number of benzene rings is 7. The minimum atomic E-state index is 1.32. The third kappa shape index (κ3) is 16.2. The first-order valence-corrected chi connectivity index (χ1v) is 17.9. The van der Waals surface area contributed by atoms with Gasteiger partial charge in [0.2, 0.25) is 0 Å². The molecule has 0 N–H and O–H groups in total. The van der Waals surface area contributed by atoms with Gasteiger partial charge in [-0.2, -0.15) is 0 Å². The van der Waals surface area contributed by atoms with Crippen LogP contribution in [0.2, 0.25) is 0 Å². The summed E-state index contributed by atoms with van der Waals surface area (Å²) in [5.41, 5.74) is 5.32. The average Bonchev–Trinajstić information content (AvgIpc) is 3.16. The van der Waals surface area contributed by atoms with Crippen LogP contribution in [0.25, 0.3) is 32.3 Å². The molecular weight excluding hydrogens is 577 g/mol. The van der Waals surface area contributed by atoms with E-state index in [1.54, 1.807) is 0 Å². The van der Waals surface area contributed by atoms with Crippen LogP contribution in [0.15, 0.2) is 158 Å². The van der Waals surface area contributed by atoms with Crippen molar-refractivity contribution in [2.45, 2.75) is 83.1 Å². The van der Waals surface area contributed by atoms with E-state index in [4.69, 9.17) is 0 Å². The molecule has 0 atom stereocenters. The Morgan fingerprint density at radius 2 is 0.604 bits per heavy atom. The molecule has 0 aromatic heterocycles. The second kappa shape index (κ2) is 27.4. The van der Waals surface area contributed by atoms with Crippen LogP contribution < -0.4 is 0 Å². The predicted molar refractivity (Wildman–Crippen MR) is 223 cm³/mol. The number of hydrogen-bond acceptors (Lipinski definition) is 0. The first kappa shape index (κ1) is 43.3. The van der Waals surface area contributed by atoms with Gasteiger partial charge in [-0.1, -0.05) is 230 Å².